The largest absolute Gasteiger partial charge is 0.483 e. The molecule has 8 nitrogen and oxygen atoms in total. The summed E-state index contributed by atoms with van der Waals surface area (Å²) in [6.45, 7) is 0. The van der Waals surface area contributed by atoms with Gasteiger partial charge in [0.05, 0.1) is 0 Å². The molecule has 9 rings (SSSR count). The van der Waals surface area contributed by atoms with Gasteiger partial charge in [-0.2, -0.15) is 0 Å². The topological polar surface area (TPSA) is 94.9 Å². The van der Waals surface area contributed by atoms with Crippen LogP contribution in [0.1, 0.15) is 0 Å². The third-order valence-electron chi connectivity index (χ3n) is 9.59. The van der Waals surface area contributed by atoms with E-state index in [-0.39, 0.29) is 0 Å². The predicted octanol–water partition coefficient (Wildman–Crippen LogP) is 11.0. The van der Waals surface area contributed by atoms with Gasteiger partial charge in [-0.25, -0.2) is 0 Å². The van der Waals surface area contributed by atoms with Crippen LogP contribution in [0.3, 0.4) is 0 Å². The van der Waals surface area contributed by atoms with Gasteiger partial charge in [0, 0.05) is 4.91 Å². The van der Waals surface area contributed by atoms with Gasteiger partial charge in [-0.1, -0.05) is 126 Å². The molecule has 258 valence electrons. The van der Waals surface area contributed by atoms with Crippen LogP contribution in [0.25, 0.3) is 53.5 Å². The van der Waals surface area contributed by atoms with Crippen molar-refractivity contribution in [2.45, 2.75) is 30.8 Å². The molecule has 8 aromatic rings. The summed E-state index contributed by atoms with van der Waals surface area (Å²) in [4.78, 5) is 3.18. The van der Waals surface area contributed by atoms with Gasteiger partial charge in [0.1, 0.15) is 23.0 Å². The fraction of sp³-hybridized carbons (Fsp3) is 0.111. The minimum atomic E-state index is -1.15. The van der Waals surface area contributed by atoms with E-state index in [4.69, 9.17) is 23.7 Å². The molecule has 8 aromatic carbocycles. The Bertz CT molecular complexity index is 2640. The summed E-state index contributed by atoms with van der Waals surface area (Å²) in [5.41, 5.74) is 9.84. The lowest BCUT2D eigenvalue weighted by Crippen LogP contribution is -2.64. The van der Waals surface area contributed by atoms with Crippen molar-refractivity contribution in [2.24, 2.45) is 5.11 Å². The first-order valence-corrected chi connectivity index (χ1v) is 17.5. The van der Waals surface area contributed by atoms with Gasteiger partial charge in [-0.3, -0.25) is 0 Å². The number of rotatable bonds is 9. The molecule has 1 fully saturated rings. The first-order chi connectivity index (χ1) is 26.2. The molecule has 0 spiro atoms. The second-order valence-corrected chi connectivity index (χ2v) is 13.0. The maximum Gasteiger partial charge on any atom is 0.241 e. The molecule has 0 bridgehead atoms. The molecule has 8 heteroatoms. The molecule has 1 heterocycles. The Labute approximate surface area is 305 Å². The quantitative estimate of drug-likeness (QED) is 0.0851. The molecule has 0 N–H and O–H groups in total. The molecule has 53 heavy (non-hydrogen) atoms. The summed E-state index contributed by atoms with van der Waals surface area (Å²) in [7, 11) is 0. The maximum atomic E-state index is 9.84. The average molecular weight is 696 g/mol. The van der Waals surface area contributed by atoms with E-state index in [0.29, 0.717) is 23.0 Å². The van der Waals surface area contributed by atoms with E-state index in [1.165, 1.54) is 0 Å². The number of azide groups is 1. The number of fused-ring (bicyclic) bond motifs is 4. The zero-order valence-electron chi connectivity index (χ0n) is 28.4. The van der Waals surface area contributed by atoms with Crippen molar-refractivity contribution < 1.29 is 23.7 Å². The highest BCUT2D eigenvalue weighted by molar-refractivity contribution is 5.86. The lowest BCUT2D eigenvalue weighted by atomic mass is 10.0. The van der Waals surface area contributed by atoms with E-state index >= 15 is 0 Å². The summed E-state index contributed by atoms with van der Waals surface area (Å²) >= 11 is 0. The highest BCUT2D eigenvalue weighted by Crippen LogP contribution is 2.36. The SMILES string of the molecule is [N-]=[N+]=NC1OC(Oc2ccc3ccccc3c2)C(Oc2ccc3ccccc3c2)C(Oc2ccc3ccccc3c2)C1Oc1ccc2ccccc2c1. The van der Waals surface area contributed by atoms with E-state index in [0.717, 1.165) is 43.1 Å². The van der Waals surface area contributed by atoms with Crippen LogP contribution in [-0.4, -0.2) is 30.8 Å². The number of hydrogen-bond acceptors (Lipinski definition) is 6. The van der Waals surface area contributed by atoms with Crippen molar-refractivity contribution in [3.8, 4) is 23.0 Å². The van der Waals surface area contributed by atoms with E-state index in [1.54, 1.807) is 0 Å². The van der Waals surface area contributed by atoms with Crippen LogP contribution in [0.4, 0.5) is 0 Å². The van der Waals surface area contributed by atoms with Crippen LogP contribution in [0.15, 0.2) is 175 Å². The molecular weight excluding hydrogens is 663 g/mol. The van der Waals surface area contributed by atoms with Gasteiger partial charge < -0.3 is 23.7 Å². The molecule has 0 aliphatic carbocycles. The number of hydrogen-bond donors (Lipinski definition) is 0. The zero-order valence-corrected chi connectivity index (χ0v) is 28.4. The fourth-order valence-electron chi connectivity index (χ4n) is 6.99. The average Bonchev–Trinajstić information content (AvgIpc) is 3.20. The third-order valence-corrected chi connectivity index (χ3v) is 9.59. The molecule has 1 aliphatic heterocycles. The highest BCUT2D eigenvalue weighted by Gasteiger charge is 2.52. The van der Waals surface area contributed by atoms with Gasteiger partial charge in [-0.05, 0) is 97.2 Å². The second kappa shape index (κ2) is 14.1. The monoisotopic (exact) mass is 695 g/mol. The molecule has 1 saturated heterocycles. The van der Waals surface area contributed by atoms with Gasteiger partial charge in [0.25, 0.3) is 0 Å². The lowest BCUT2D eigenvalue weighted by molar-refractivity contribution is -0.254. The zero-order chi connectivity index (χ0) is 35.6. The highest BCUT2D eigenvalue weighted by atomic mass is 16.7. The van der Waals surface area contributed by atoms with Gasteiger partial charge in [0.2, 0.25) is 12.4 Å². The summed E-state index contributed by atoms with van der Waals surface area (Å²) in [5.74, 6) is 2.28. The Morgan fingerprint density at radius 2 is 0.736 bits per heavy atom. The van der Waals surface area contributed by atoms with E-state index in [2.05, 4.69) is 22.2 Å². The molecular formula is C45H33N3O5. The molecule has 1 aliphatic rings. The Morgan fingerprint density at radius 3 is 1.13 bits per heavy atom. The second-order valence-electron chi connectivity index (χ2n) is 13.0. The molecule has 0 radical (unpaired) electrons. The summed E-state index contributed by atoms with van der Waals surface area (Å²) in [6.07, 6.45) is -5.01. The van der Waals surface area contributed by atoms with Crippen molar-refractivity contribution in [1.82, 2.24) is 0 Å². The van der Waals surface area contributed by atoms with E-state index < -0.39 is 30.8 Å². The molecule has 5 unspecified atom stereocenters. The van der Waals surface area contributed by atoms with Crippen molar-refractivity contribution in [3.05, 3.63) is 180 Å². The number of nitrogens with zero attached hydrogens (tertiary/aromatic N) is 3. The molecule has 0 saturated carbocycles. The Kier molecular flexibility index (Phi) is 8.58. The van der Waals surface area contributed by atoms with Gasteiger partial charge in [-0.15, -0.1) is 0 Å². The molecule has 5 atom stereocenters. The molecule has 0 amide bonds. The van der Waals surface area contributed by atoms with Crippen molar-refractivity contribution in [2.75, 3.05) is 0 Å². The summed E-state index contributed by atoms with van der Waals surface area (Å²) in [5, 5.41) is 12.4. The lowest BCUT2D eigenvalue weighted by Gasteiger charge is -2.44. The third kappa shape index (κ3) is 6.72. The van der Waals surface area contributed by atoms with Crippen LogP contribution < -0.4 is 18.9 Å². The maximum absolute atomic E-state index is 9.84. The van der Waals surface area contributed by atoms with Crippen LogP contribution in [0.5, 0.6) is 23.0 Å². The van der Waals surface area contributed by atoms with Gasteiger partial charge >= 0.3 is 0 Å². The van der Waals surface area contributed by atoms with E-state index in [1.807, 2.05) is 158 Å². The first-order valence-electron chi connectivity index (χ1n) is 17.5. The van der Waals surface area contributed by atoms with Crippen LogP contribution in [0.2, 0.25) is 0 Å². The summed E-state index contributed by atoms with van der Waals surface area (Å²) in [6, 6.07) is 55.7. The number of benzene rings is 8. The van der Waals surface area contributed by atoms with Crippen molar-refractivity contribution in [1.29, 1.82) is 0 Å². The van der Waals surface area contributed by atoms with Crippen molar-refractivity contribution in [3.63, 3.8) is 0 Å². The minimum Gasteiger partial charge on any atom is -0.483 e. The van der Waals surface area contributed by atoms with Crippen LogP contribution in [-0.2, 0) is 4.74 Å². The number of ether oxygens (including phenoxy) is 5. The van der Waals surface area contributed by atoms with E-state index in [9.17, 15) is 5.53 Å². The Morgan fingerprint density at radius 1 is 0.396 bits per heavy atom. The molecule has 0 aromatic heterocycles. The van der Waals surface area contributed by atoms with Crippen molar-refractivity contribution >= 4 is 43.1 Å². The smallest absolute Gasteiger partial charge is 0.241 e. The van der Waals surface area contributed by atoms with Crippen LogP contribution >= 0.6 is 0 Å². The fourth-order valence-corrected chi connectivity index (χ4v) is 6.99. The predicted molar refractivity (Wildman–Crippen MR) is 207 cm³/mol. The first kappa shape index (κ1) is 32.2. The van der Waals surface area contributed by atoms with Gasteiger partial charge in [0.15, 0.2) is 18.4 Å². The summed E-state index contributed by atoms with van der Waals surface area (Å²) < 4.78 is 33.8. The normalized spacial score (nSPS) is 19.8. The minimum absolute atomic E-state index is 0.554. The Balaban J connectivity index is 1.17. The van der Waals surface area contributed by atoms with Crippen LogP contribution in [0, 0.1) is 0 Å². The Hall–Kier alpha value is -6.73. The standard InChI is InChI=1S/C45H33N3O5/c46-48-47-44-42(50-38-22-18-30-10-2-6-14-34(30)26-38)41(49-37-21-17-29-9-1-5-13-33(29)25-37)43(51-39-23-19-31-11-3-7-15-35(31)27-39)45(53-44)52-40-24-20-32-12-4-8-16-36(32)28-40/h1-28,41-45H.